The van der Waals surface area contributed by atoms with Gasteiger partial charge in [0, 0.05) is 7.11 Å². The average molecular weight is 436 g/mol. The molecule has 0 spiro atoms. The van der Waals surface area contributed by atoms with E-state index in [2.05, 4.69) is 55.6 Å². The van der Waals surface area contributed by atoms with Gasteiger partial charge in [0.1, 0.15) is 11.3 Å². The van der Waals surface area contributed by atoms with E-state index in [-0.39, 0.29) is 24.4 Å². The Kier molecular flexibility index (Phi) is 6.89. The van der Waals surface area contributed by atoms with Gasteiger partial charge in [-0.05, 0) is 55.0 Å². The summed E-state index contributed by atoms with van der Waals surface area (Å²) in [5.41, 5.74) is 5.76. The first kappa shape index (κ1) is 23.7. The fraction of sp³-hybridized carbons (Fsp3) is 0.407. The van der Waals surface area contributed by atoms with Gasteiger partial charge in [0.05, 0.1) is 18.1 Å². The predicted octanol–water partition coefficient (Wildman–Crippen LogP) is 4.98. The van der Waals surface area contributed by atoms with Crippen molar-refractivity contribution in [3.05, 3.63) is 64.4 Å². The molecule has 32 heavy (non-hydrogen) atoms. The quantitative estimate of drug-likeness (QED) is 0.623. The molecule has 0 aromatic heterocycles. The predicted molar refractivity (Wildman–Crippen MR) is 127 cm³/mol. The molecule has 1 atom stereocenters. The van der Waals surface area contributed by atoms with Crippen molar-refractivity contribution in [1.29, 1.82) is 0 Å². The zero-order valence-corrected chi connectivity index (χ0v) is 20.1. The molecule has 1 amide bonds. The van der Waals surface area contributed by atoms with Crippen molar-refractivity contribution in [2.75, 3.05) is 13.7 Å². The van der Waals surface area contributed by atoms with Crippen LogP contribution in [-0.2, 0) is 25.5 Å². The summed E-state index contributed by atoms with van der Waals surface area (Å²) < 4.78 is 11.2. The highest BCUT2D eigenvalue weighted by Crippen LogP contribution is 2.39. The van der Waals surface area contributed by atoms with Crippen molar-refractivity contribution < 1.29 is 19.1 Å². The fourth-order valence-corrected chi connectivity index (χ4v) is 4.16. The Hall–Kier alpha value is -2.92. The van der Waals surface area contributed by atoms with E-state index < -0.39 is 5.54 Å². The minimum atomic E-state index is -0.918. The Morgan fingerprint density at radius 1 is 1.09 bits per heavy atom. The van der Waals surface area contributed by atoms with E-state index in [0.29, 0.717) is 11.3 Å². The van der Waals surface area contributed by atoms with Gasteiger partial charge >= 0.3 is 5.97 Å². The van der Waals surface area contributed by atoms with Crippen molar-refractivity contribution in [3.63, 3.8) is 0 Å². The Labute approximate surface area is 190 Å². The lowest BCUT2D eigenvalue weighted by atomic mass is 9.88. The van der Waals surface area contributed by atoms with Gasteiger partial charge in [-0.25, -0.2) is 0 Å². The molecule has 0 saturated heterocycles. The fourth-order valence-electron chi connectivity index (χ4n) is 4.16. The molecule has 0 fully saturated rings. The second-order valence-electron chi connectivity index (χ2n) is 9.05. The Balaban J connectivity index is 2.22. The molecule has 1 aliphatic rings. The number of hydrogen-bond acceptors (Lipinski definition) is 4. The van der Waals surface area contributed by atoms with E-state index >= 15 is 0 Å². The van der Waals surface area contributed by atoms with Gasteiger partial charge in [0.2, 0.25) is 0 Å². The largest absolute Gasteiger partial charge is 0.427 e. The highest BCUT2D eigenvalue weighted by Gasteiger charge is 2.46. The molecule has 0 bridgehead atoms. The summed E-state index contributed by atoms with van der Waals surface area (Å²) in [6.07, 6.45) is 0.735. The molecule has 2 aromatic rings. The maximum atomic E-state index is 13.2. The van der Waals surface area contributed by atoms with Crippen LogP contribution < -0.4 is 5.32 Å². The van der Waals surface area contributed by atoms with Gasteiger partial charge in [-0.15, -0.1) is 0 Å². The summed E-state index contributed by atoms with van der Waals surface area (Å²) in [5.74, 6) is -0.605. The van der Waals surface area contributed by atoms with Crippen LogP contribution in [0.5, 0.6) is 0 Å². The Morgan fingerprint density at radius 3 is 2.31 bits per heavy atom. The molecule has 0 aliphatic carbocycles. The second kappa shape index (κ2) is 9.29. The topological polar surface area (TPSA) is 64.6 Å². The first-order valence-corrected chi connectivity index (χ1v) is 11.1. The standard InChI is InChI=1S/C27H33NO4/c1-8-19-14-21(20-11-9-17(4)10-12-20)13-18(5)22(19)23-24(32-26(30)16(2)3)27(6,15-31-7)28-25(23)29/h9-14,16H,8,15H2,1-7H3,(H,28,29). The zero-order chi connectivity index (χ0) is 23.6. The number of methoxy groups -OCH3 is 1. The molecule has 1 heterocycles. The van der Waals surface area contributed by atoms with Gasteiger partial charge in [0.15, 0.2) is 0 Å². The van der Waals surface area contributed by atoms with E-state index in [9.17, 15) is 9.59 Å². The highest BCUT2D eigenvalue weighted by molar-refractivity contribution is 6.24. The SMILES string of the molecule is CCc1cc(-c2ccc(C)cc2)cc(C)c1C1=C(OC(=O)C(C)C)C(C)(COC)NC1=O. The normalized spacial score (nSPS) is 18.3. The number of nitrogens with one attached hydrogen (secondary N) is 1. The van der Waals surface area contributed by atoms with E-state index in [1.54, 1.807) is 21.0 Å². The minimum Gasteiger partial charge on any atom is -0.427 e. The summed E-state index contributed by atoms with van der Waals surface area (Å²) in [6, 6.07) is 12.6. The van der Waals surface area contributed by atoms with E-state index in [4.69, 9.17) is 9.47 Å². The Bertz CT molecular complexity index is 1070. The summed E-state index contributed by atoms with van der Waals surface area (Å²) in [4.78, 5) is 25.8. The smallest absolute Gasteiger partial charge is 0.313 e. The van der Waals surface area contributed by atoms with Crippen LogP contribution in [0.4, 0.5) is 0 Å². The van der Waals surface area contributed by atoms with Crippen molar-refractivity contribution in [3.8, 4) is 11.1 Å². The lowest BCUT2D eigenvalue weighted by Crippen LogP contribution is -2.46. The highest BCUT2D eigenvalue weighted by atomic mass is 16.5. The average Bonchev–Trinajstić information content (AvgIpc) is 2.97. The van der Waals surface area contributed by atoms with Gasteiger partial charge in [0.25, 0.3) is 5.91 Å². The maximum Gasteiger partial charge on any atom is 0.313 e. The number of hydrogen-bond donors (Lipinski definition) is 1. The molecule has 1 aliphatic heterocycles. The molecule has 5 nitrogen and oxygen atoms in total. The number of esters is 1. The zero-order valence-electron chi connectivity index (χ0n) is 20.1. The van der Waals surface area contributed by atoms with Gasteiger partial charge in [-0.2, -0.15) is 0 Å². The number of amides is 1. The molecular weight excluding hydrogens is 402 g/mol. The van der Waals surface area contributed by atoms with Crippen LogP contribution in [0.3, 0.4) is 0 Å². The van der Waals surface area contributed by atoms with Gasteiger partial charge in [-0.1, -0.05) is 62.7 Å². The van der Waals surface area contributed by atoms with Gasteiger partial charge in [-0.3, -0.25) is 9.59 Å². The first-order valence-electron chi connectivity index (χ1n) is 11.1. The molecule has 0 saturated carbocycles. The van der Waals surface area contributed by atoms with Crippen molar-refractivity contribution in [2.45, 2.75) is 53.5 Å². The van der Waals surface area contributed by atoms with Crippen LogP contribution in [0, 0.1) is 19.8 Å². The molecule has 2 aromatic carbocycles. The van der Waals surface area contributed by atoms with Crippen LogP contribution in [-0.4, -0.2) is 31.1 Å². The third-order valence-corrected chi connectivity index (χ3v) is 5.88. The molecule has 5 heteroatoms. The molecule has 0 radical (unpaired) electrons. The third kappa shape index (κ3) is 4.49. The monoisotopic (exact) mass is 435 g/mol. The number of rotatable bonds is 7. The number of ether oxygens (including phenoxy) is 2. The maximum absolute atomic E-state index is 13.2. The van der Waals surface area contributed by atoms with Crippen LogP contribution >= 0.6 is 0 Å². The summed E-state index contributed by atoms with van der Waals surface area (Å²) in [6.45, 7) is 11.7. The Morgan fingerprint density at radius 2 is 1.75 bits per heavy atom. The molecule has 1 N–H and O–H groups in total. The van der Waals surface area contributed by atoms with Crippen LogP contribution in [0.2, 0.25) is 0 Å². The summed E-state index contributed by atoms with van der Waals surface area (Å²) >= 11 is 0. The van der Waals surface area contributed by atoms with Gasteiger partial charge < -0.3 is 14.8 Å². The summed E-state index contributed by atoms with van der Waals surface area (Å²) in [7, 11) is 1.57. The van der Waals surface area contributed by atoms with Crippen LogP contribution in [0.25, 0.3) is 16.7 Å². The number of aryl methyl sites for hydroxylation is 3. The molecule has 3 rings (SSSR count). The molecule has 170 valence electrons. The van der Waals surface area contributed by atoms with Crippen LogP contribution in [0.1, 0.15) is 49.9 Å². The number of benzene rings is 2. The van der Waals surface area contributed by atoms with Crippen molar-refractivity contribution >= 4 is 17.4 Å². The number of carbonyl (C=O) groups excluding carboxylic acids is 2. The van der Waals surface area contributed by atoms with Crippen molar-refractivity contribution in [1.82, 2.24) is 5.32 Å². The first-order chi connectivity index (χ1) is 15.1. The molecular formula is C27H33NO4. The summed E-state index contributed by atoms with van der Waals surface area (Å²) in [5, 5.41) is 2.99. The molecule has 1 unspecified atom stereocenters. The van der Waals surface area contributed by atoms with Crippen molar-refractivity contribution in [2.24, 2.45) is 5.92 Å². The van der Waals surface area contributed by atoms with E-state index in [0.717, 1.165) is 34.2 Å². The second-order valence-corrected chi connectivity index (χ2v) is 9.05. The van der Waals surface area contributed by atoms with E-state index in [1.807, 2.05) is 13.8 Å². The lowest BCUT2D eigenvalue weighted by Gasteiger charge is -2.26. The number of carbonyl (C=O) groups is 2. The lowest BCUT2D eigenvalue weighted by molar-refractivity contribution is -0.144. The van der Waals surface area contributed by atoms with E-state index in [1.165, 1.54) is 5.56 Å². The van der Waals surface area contributed by atoms with Crippen LogP contribution in [0.15, 0.2) is 42.2 Å². The minimum absolute atomic E-state index is 0.199. The third-order valence-electron chi connectivity index (χ3n) is 5.88.